The van der Waals surface area contributed by atoms with Gasteiger partial charge in [0, 0.05) is 29.6 Å². The number of pyridine rings is 2. The molecule has 0 unspecified atom stereocenters. The van der Waals surface area contributed by atoms with Gasteiger partial charge in [0.2, 0.25) is 0 Å². The number of rotatable bonds is 5. The smallest absolute Gasteiger partial charge is 0.335 e. The van der Waals surface area contributed by atoms with E-state index in [9.17, 15) is 9.59 Å². The molecule has 1 fully saturated rings. The van der Waals surface area contributed by atoms with Gasteiger partial charge >= 0.3 is 5.97 Å². The number of aromatic nitrogens is 3. The van der Waals surface area contributed by atoms with Crippen LogP contribution in [0.4, 0.5) is 5.69 Å². The molecule has 0 saturated heterocycles. The monoisotopic (exact) mass is 400 g/mol. The zero-order valence-corrected chi connectivity index (χ0v) is 15.7. The molecule has 4 aromatic rings. The molecule has 0 aliphatic heterocycles. The van der Waals surface area contributed by atoms with Crippen molar-refractivity contribution in [3.05, 3.63) is 71.7 Å². The van der Waals surface area contributed by atoms with Crippen LogP contribution in [0.2, 0.25) is 0 Å². The molecule has 5 rings (SSSR count). The van der Waals surface area contributed by atoms with Crippen molar-refractivity contribution in [1.82, 2.24) is 15.1 Å². The highest BCUT2D eigenvalue weighted by Gasteiger charge is 2.32. The number of benzene rings is 1. The molecule has 0 radical (unpaired) electrons. The summed E-state index contributed by atoms with van der Waals surface area (Å²) in [5, 5.41) is 16.7. The minimum atomic E-state index is -1.02. The SMILES string of the molecule is O=C(O)c1ccc(NC(=O)c2cc(-c3cccnc3)nc3onc(C4CC4)c23)cc1. The van der Waals surface area contributed by atoms with Crippen LogP contribution in [0.5, 0.6) is 0 Å². The van der Waals surface area contributed by atoms with Crippen molar-refractivity contribution in [2.75, 3.05) is 5.32 Å². The number of carbonyl (C=O) groups is 2. The maximum atomic E-state index is 13.2. The van der Waals surface area contributed by atoms with Gasteiger partial charge in [0.05, 0.1) is 27.9 Å². The minimum Gasteiger partial charge on any atom is -0.478 e. The first-order valence-electron chi connectivity index (χ1n) is 9.45. The van der Waals surface area contributed by atoms with E-state index in [1.54, 1.807) is 36.7 Å². The lowest BCUT2D eigenvalue weighted by atomic mass is 10.0. The normalized spacial score (nSPS) is 13.3. The van der Waals surface area contributed by atoms with E-state index in [1.807, 2.05) is 6.07 Å². The molecule has 148 valence electrons. The van der Waals surface area contributed by atoms with E-state index in [0.29, 0.717) is 28.0 Å². The molecule has 1 aliphatic rings. The summed E-state index contributed by atoms with van der Waals surface area (Å²) in [4.78, 5) is 32.9. The van der Waals surface area contributed by atoms with E-state index in [0.717, 1.165) is 24.1 Å². The van der Waals surface area contributed by atoms with Crippen LogP contribution in [-0.4, -0.2) is 32.1 Å². The van der Waals surface area contributed by atoms with Gasteiger partial charge in [0.1, 0.15) is 0 Å². The maximum Gasteiger partial charge on any atom is 0.335 e. The zero-order chi connectivity index (χ0) is 20.7. The van der Waals surface area contributed by atoms with Crippen LogP contribution in [-0.2, 0) is 0 Å². The first-order chi connectivity index (χ1) is 14.6. The van der Waals surface area contributed by atoms with Gasteiger partial charge in [-0.25, -0.2) is 9.78 Å². The Kier molecular flexibility index (Phi) is 4.24. The van der Waals surface area contributed by atoms with Gasteiger partial charge in [0.25, 0.3) is 11.6 Å². The van der Waals surface area contributed by atoms with Crippen LogP contribution >= 0.6 is 0 Å². The summed E-state index contributed by atoms with van der Waals surface area (Å²) < 4.78 is 5.47. The highest BCUT2D eigenvalue weighted by atomic mass is 16.5. The van der Waals surface area contributed by atoms with Crippen LogP contribution in [0, 0.1) is 0 Å². The lowest BCUT2D eigenvalue weighted by Crippen LogP contribution is -2.13. The first kappa shape index (κ1) is 18.0. The molecular formula is C22H16N4O4. The van der Waals surface area contributed by atoms with Crippen molar-refractivity contribution in [3.8, 4) is 11.3 Å². The summed E-state index contributed by atoms with van der Waals surface area (Å²) in [7, 11) is 0. The lowest BCUT2D eigenvalue weighted by Gasteiger charge is -2.09. The fraction of sp³-hybridized carbons (Fsp3) is 0.136. The van der Waals surface area contributed by atoms with E-state index >= 15 is 0 Å². The highest BCUT2D eigenvalue weighted by molar-refractivity contribution is 6.13. The number of nitrogens with zero attached hydrogens (tertiary/aromatic N) is 3. The predicted octanol–water partition coefficient (Wildman–Crippen LogP) is 4.11. The van der Waals surface area contributed by atoms with Gasteiger partial charge in [-0.05, 0) is 55.3 Å². The summed E-state index contributed by atoms with van der Waals surface area (Å²) in [6, 6.07) is 11.3. The number of carboxylic acid groups (broad SMARTS) is 1. The van der Waals surface area contributed by atoms with Crippen LogP contribution in [0.1, 0.15) is 45.2 Å². The van der Waals surface area contributed by atoms with Crippen molar-refractivity contribution >= 4 is 28.7 Å². The second-order valence-corrected chi connectivity index (χ2v) is 7.16. The summed E-state index contributed by atoms with van der Waals surface area (Å²) in [5.41, 5.74) is 3.41. The number of amides is 1. The van der Waals surface area contributed by atoms with E-state index < -0.39 is 5.97 Å². The number of hydrogen-bond donors (Lipinski definition) is 2. The molecule has 8 nitrogen and oxygen atoms in total. The van der Waals surface area contributed by atoms with Crippen molar-refractivity contribution < 1.29 is 19.2 Å². The molecule has 0 atom stereocenters. The molecule has 1 saturated carbocycles. The third-order valence-electron chi connectivity index (χ3n) is 5.03. The number of hydrogen-bond acceptors (Lipinski definition) is 6. The molecule has 1 amide bonds. The van der Waals surface area contributed by atoms with Gasteiger partial charge in [0.15, 0.2) is 0 Å². The number of anilines is 1. The van der Waals surface area contributed by atoms with E-state index in [-0.39, 0.29) is 17.4 Å². The quantitative estimate of drug-likeness (QED) is 0.517. The molecule has 8 heteroatoms. The van der Waals surface area contributed by atoms with Crippen molar-refractivity contribution in [1.29, 1.82) is 0 Å². The third-order valence-corrected chi connectivity index (χ3v) is 5.03. The lowest BCUT2D eigenvalue weighted by molar-refractivity contribution is 0.0696. The fourth-order valence-electron chi connectivity index (χ4n) is 3.34. The summed E-state index contributed by atoms with van der Waals surface area (Å²) in [6.07, 6.45) is 5.34. The molecular weight excluding hydrogens is 384 g/mol. The molecule has 0 bridgehead atoms. The van der Waals surface area contributed by atoms with Gasteiger partial charge in [-0.3, -0.25) is 9.78 Å². The molecule has 1 aromatic carbocycles. The Bertz CT molecular complexity index is 1260. The van der Waals surface area contributed by atoms with Crippen molar-refractivity contribution in [2.45, 2.75) is 18.8 Å². The molecule has 30 heavy (non-hydrogen) atoms. The number of carbonyl (C=O) groups excluding carboxylic acids is 1. The predicted molar refractivity (Wildman–Crippen MR) is 108 cm³/mol. The highest BCUT2D eigenvalue weighted by Crippen LogP contribution is 2.43. The largest absolute Gasteiger partial charge is 0.478 e. The Morgan fingerprint density at radius 1 is 1.13 bits per heavy atom. The van der Waals surface area contributed by atoms with Crippen LogP contribution in [0.25, 0.3) is 22.4 Å². The van der Waals surface area contributed by atoms with Crippen LogP contribution in [0.3, 0.4) is 0 Å². The van der Waals surface area contributed by atoms with Gasteiger partial charge in [-0.2, -0.15) is 0 Å². The average molecular weight is 400 g/mol. The number of fused-ring (bicyclic) bond motifs is 1. The topological polar surface area (TPSA) is 118 Å². The Morgan fingerprint density at radius 3 is 2.60 bits per heavy atom. The number of nitrogens with one attached hydrogen (secondary N) is 1. The van der Waals surface area contributed by atoms with Crippen molar-refractivity contribution in [3.63, 3.8) is 0 Å². The van der Waals surface area contributed by atoms with Crippen LogP contribution < -0.4 is 5.32 Å². The second kappa shape index (κ2) is 7.07. The van der Waals surface area contributed by atoms with E-state index in [1.165, 1.54) is 12.1 Å². The van der Waals surface area contributed by atoms with E-state index in [4.69, 9.17) is 9.63 Å². The Hall–Kier alpha value is -4.07. The molecule has 2 N–H and O–H groups in total. The van der Waals surface area contributed by atoms with Crippen molar-refractivity contribution in [2.24, 2.45) is 0 Å². The molecule has 3 aromatic heterocycles. The summed E-state index contributed by atoms with van der Waals surface area (Å²) >= 11 is 0. The molecule has 0 spiro atoms. The minimum absolute atomic E-state index is 0.146. The first-order valence-corrected chi connectivity index (χ1v) is 9.45. The zero-order valence-electron chi connectivity index (χ0n) is 15.7. The average Bonchev–Trinajstić information content (AvgIpc) is 3.52. The maximum absolute atomic E-state index is 13.2. The molecule has 1 aliphatic carbocycles. The Morgan fingerprint density at radius 2 is 1.93 bits per heavy atom. The van der Waals surface area contributed by atoms with Gasteiger partial charge in [-0.15, -0.1) is 0 Å². The number of carboxylic acids is 1. The molecule has 3 heterocycles. The Balaban J connectivity index is 1.57. The number of aromatic carboxylic acids is 1. The van der Waals surface area contributed by atoms with Gasteiger partial charge < -0.3 is 14.9 Å². The van der Waals surface area contributed by atoms with E-state index in [2.05, 4.69) is 20.4 Å². The van der Waals surface area contributed by atoms with Gasteiger partial charge in [-0.1, -0.05) is 5.16 Å². The Labute approximate surface area is 170 Å². The summed E-state index contributed by atoms with van der Waals surface area (Å²) in [6.45, 7) is 0. The van der Waals surface area contributed by atoms with Crippen LogP contribution in [0.15, 0.2) is 59.4 Å². The standard InChI is InChI=1S/C22H16N4O4/c27-20(24-15-7-5-13(6-8-15)22(28)29)16-10-17(14-2-1-9-23-11-14)25-21-18(16)19(26-30-21)12-3-4-12/h1-2,5-12H,3-4H2,(H,24,27)(H,28,29). The third kappa shape index (κ3) is 3.28. The fourth-order valence-corrected chi connectivity index (χ4v) is 3.34. The summed E-state index contributed by atoms with van der Waals surface area (Å²) in [5.74, 6) is -1.09. The second-order valence-electron chi connectivity index (χ2n) is 7.16.